The van der Waals surface area contributed by atoms with Gasteiger partial charge in [0.2, 0.25) is 0 Å². The number of hydrogen-bond donors (Lipinski definition) is 1. The van der Waals surface area contributed by atoms with Crippen LogP contribution in [0.25, 0.3) is 10.4 Å². The smallest absolute Gasteiger partial charge is 0.251 e. The van der Waals surface area contributed by atoms with Crippen LogP contribution in [-0.4, -0.2) is 20.1 Å². The van der Waals surface area contributed by atoms with Gasteiger partial charge in [-0.15, -0.1) is 0 Å². The molecule has 1 aromatic rings. The number of nitrogens with zero attached hydrogens (tertiary/aromatic N) is 3. The Balaban J connectivity index is 3.21. The minimum atomic E-state index is -0.243. The fourth-order valence-corrected chi connectivity index (χ4v) is 1.10. The Bertz CT molecular complexity index is 424. The molecule has 0 saturated carbocycles. The molecule has 1 amide bonds. The molecule has 0 saturated heterocycles. The van der Waals surface area contributed by atoms with E-state index in [1.807, 2.05) is 0 Å². The molecule has 0 spiro atoms. The van der Waals surface area contributed by atoms with E-state index in [-0.39, 0.29) is 5.91 Å². The number of azide groups is 1. The van der Waals surface area contributed by atoms with Crippen molar-refractivity contribution in [3.63, 3.8) is 0 Å². The van der Waals surface area contributed by atoms with Crippen LogP contribution in [0.1, 0.15) is 10.4 Å². The van der Waals surface area contributed by atoms with Crippen LogP contribution in [0.2, 0.25) is 0 Å². The Morgan fingerprint density at radius 1 is 1.60 bits per heavy atom. The van der Waals surface area contributed by atoms with E-state index in [1.165, 1.54) is 20.2 Å². The van der Waals surface area contributed by atoms with Crippen molar-refractivity contribution in [3.05, 3.63) is 34.2 Å². The summed E-state index contributed by atoms with van der Waals surface area (Å²) in [7, 11) is 2.99. The molecule has 6 heteroatoms. The van der Waals surface area contributed by atoms with Crippen molar-refractivity contribution in [2.75, 3.05) is 14.2 Å². The first kappa shape index (κ1) is 10.9. The van der Waals surface area contributed by atoms with Gasteiger partial charge in [0.25, 0.3) is 5.91 Å². The fourth-order valence-electron chi connectivity index (χ4n) is 1.10. The van der Waals surface area contributed by atoms with Gasteiger partial charge in [-0.25, -0.2) is 0 Å². The molecule has 0 unspecified atom stereocenters. The number of ether oxygens (including phenoxy) is 1. The van der Waals surface area contributed by atoms with Crippen molar-refractivity contribution in [1.29, 1.82) is 0 Å². The monoisotopic (exact) mass is 206 g/mol. The lowest BCUT2D eigenvalue weighted by atomic mass is 10.2. The molecule has 0 fully saturated rings. The summed E-state index contributed by atoms with van der Waals surface area (Å²) >= 11 is 0. The van der Waals surface area contributed by atoms with E-state index >= 15 is 0 Å². The predicted molar refractivity (Wildman–Crippen MR) is 55.2 cm³/mol. The second-order valence-corrected chi connectivity index (χ2v) is 2.66. The molecule has 1 rings (SSSR count). The minimum absolute atomic E-state index is 0.243. The molecular formula is C9H10N4O2. The molecule has 1 aromatic carbocycles. The van der Waals surface area contributed by atoms with Crippen LogP contribution < -0.4 is 10.1 Å². The first-order chi connectivity index (χ1) is 7.22. The van der Waals surface area contributed by atoms with Crippen molar-refractivity contribution < 1.29 is 9.53 Å². The summed E-state index contributed by atoms with van der Waals surface area (Å²) in [5, 5.41) is 5.90. The Morgan fingerprint density at radius 3 is 2.87 bits per heavy atom. The normalized spacial score (nSPS) is 8.93. The maximum Gasteiger partial charge on any atom is 0.251 e. The van der Waals surface area contributed by atoms with E-state index in [0.29, 0.717) is 17.0 Å². The molecule has 78 valence electrons. The number of carbonyl (C=O) groups is 1. The van der Waals surface area contributed by atoms with Gasteiger partial charge in [-0.3, -0.25) is 4.79 Å². The lowest BCUT2D eigenvalue weighted by molar-refractivity contribution is 0.0963. The van der Waals surface area contributed by atoms with Gasteiger partial charge in [0.1, 0.15) is 5.75 Å². The van der Waals surface area contributed by atoms with Crippen LogP contribution in [0.3, 0.4) is 0 Å². The molecule has 0 bridgehead atoms. The first-order valence-corrected chi connectivity index (χ1v) is 4.18. The average molecular weight is 206 g/mol. The number of benzene rings is 1. The van der Waals surface area contributed by atoms with E-state index in [2.05, 4.69) is 15.3 Å². The highest BCUT2D eigenvalue weighted by atomic mass is 16.5. The maximum absolute atomic E-state index is 11.3. The second-order valence-electron chi connectivity index (χ2n) is 2.66. The standard InChI is InChI=1S/C9H10N4O2/c1-11-9(14)6-3-4-8(15-2)7(5-6)12-13-10/h3-5H,1-2H3,(H,11,14). The van der Waals surface area contributed by atoms with Gasteiger partial charge in [0, 0.05) is 17.5 Å². The van der Waals surface area contributed by atoms with Gasteiger partial charge < -0.3 is 10.1 Å². The van der Waals surface area contributed by atoms with Gasteiger partial charge in [0.15, 0.2) is 0 Å². The third kappa shape index (κ3) is 2.38. The summed E-state index contributed by atoms with van der Waals surface area (Å²) in [4.78, 5) is 13.9. The largest absolute Gasteiger partial charge is 0.496 e. The number of rotatable bonds is 3. The number of nitrogens with one attached hydrogen (secondary N) is 1. The zero-order valence-corrected chi connectivity index (χ0v) is 8.39. The zero-order chi connectivity index (χ0) is 11.3. The highest BCUT2D eigenvalue weighted by molar-refractivity contribution is 5.95. The van der Waals surface area contributed by atoms with Crippen LogP contribution in [-0.2, 0) is 0 Å². The third-order valence-corrected chi connectivity index (χ3v) is 1.82. The lowest BCUT2D eigenvalue weighted by Crippen LogP contribution is -2.17. The van der Waals surface area contributed by atoms with E-state index in [9.17, 15) is 4.79 Å². The molecular weight excluding hydrogens is 196 g/mol. The number of hydrogen-bond acceptors (Lipinski definition) is 3. The van der Waals surface area contributed by atoms with Crippen LogP contribution in [0, 0.1) is 0 Å². The van der Waals surface area contributed by atoms with Crippen molar-refractivity contribution in [1.82, 2.24) is 5.32 Å². The molecule has 0 aliphatic rings. The van der Waals surface area contributed by atoms with E-state index < -0.39 is 0 Å². The Hall–Kier alpha value is -2.20. The maximum atomic E-state index is 11.3. The number of methoxy groups -OCH3 is 1. The Labute approximate surface area is 86.5 Å². The summed E-state index contributed by atoms with van der Waals surface area (Å²) in [5.74, 6) is 0.187. The molecule has 6 nitrogen and oxygen atoms in total. The fraction of sp³-hybridized carbons (Fsp3) is 0.222. The third-order valence-electron chi connectivity index (χ3n) is 1.82. The van der Waals surface area contributed by atoms with Crippen molar-refractivity contribution in [2.45, 2.75) is 0 Å². The van der Waals surface area contributed by atoms with Gasteiger partial charge in [0.05, 0.1) is 12.8 Å². The molecule has 0 radical (unpaired) electrons. The second kappa shape index (κ2) is 4.88. The Morgan fingerprint density at radius 2 is 2.33 bits per heavy atom. The van der Waals surface area contributed by atoms with Crippen LogP contribution in [0.4, 0.5) is 5.69 Å². The van der Waals surface area contributed by atoms with Crippen molar-refractivity contribution in [3.8, 4) is 5.75 Å². The number of amides is 1. The van der Waals surface area contributed by atoms with Crippen LogP contribution in [0.5, 0.6) is 5.75 Å². The summed E-state index contributed by atoms with van der Waals surface area (Å²) in [6.07, 6.45) is 0. The molecule has 0 atom stereocenters. The molecule has 0 aliphatic heterocycles. The van der Waals surface area contributed by atoms with Crippen LogP contribution >= 0.6 is 0 Å². The summed E-state index contributed by atoms with van der Waals surface area (Å²) in [5.41, 5.74) is 9.04. The van der Waals surface area contributed by atoms with Crippen molar-refractivity contribution in [2.24, 2.45) is 5.11 Å². The lowest BCUT2D eigenvalue weighted by Gasteiger charge is -2.05. The molecule has 0 heterocycles. The van der Waals surface area contributed by atoms with Crippen LogP contribution in [0.15, 0.2) is 23.3 Å². The summed E-state index contributed by atoms with van der Waals surface area (Å²) in [6.45, 7) is 0. The predicted octanol–water partition coefficient (Wildman–Crippen LogP) is 2.00. The van der Waals surface area contributed by atoms with Crippen molar-refractivity contribution >= 4 is 11.6 Å². The van der Waals surface area contributed by atoms with E-state index in [1.54, 1.807) is 12.1 Å². The quantitative estimate of drug-likeness (QED) is 0.465. The molecule has 0 aromatic heterocycles. The molecule has 15 heavy (non-hydrogen) atoms. The highest BCUT2D eigenvalue weighted by Crippen LogP contribution is 2.28. The van der Waals surface area contributed by atoms with Gasteiger partial charge in [-0.1, -0.05) is 5.11 Å². The van der Waals surface area contributed by atoms with Gasteiger partial charge >= 0.3 is 0 Å². The highest BCUT2D eigenvalue weighted by Gasteiger charge is 2.07. The Kier molecular flexibility index (Phi) is 3.54. The van der Waals surface area contributed by atoms with Gasteiger partial charge in [-0.05, 0) is 23.7 Å². The first-order valence-electron chi connectivity index (χ1n) is 4.18. The zero-order valence-electron chi connectivity index (χ0n) is 8.39. The van der Waals surface area contributed by atoms with E-state index in [4.69, 9.17) is 10.3 Å². The SMILES string of the molecule is CNC(=O)c1ccc(OC)c(N=[N+]=[N-])c1. The average Bonchev–Trinajstić information content (AvgIpc) is 2.28. The topological polar surface area (TPSA) is 87.1 Å². The van der Waals surface area contributed by atoms with Gasteiger partial charge in [-0.2, -0.15) is 0 Å². The molecule has 0 aliphatic carbocycles. The molecule has 1 N–H and O–H groups in total. The minimum Gasteiger partial charge on any atom is -0.496 e. The number of carbonyl (C=O) groups excluding carboxylic acids is 1. The van der Waals surface area contributed by atoms with E-state index in [0.717, 1.165) is 0 Å². The summed E-state index contributed by atoms with van der Waals surface area (Å²) < 4.78 is 4.97. The summed E-state index contributed by atoms with van der Waals surface area (Å²) in [6, 6.07) is 4.64.